The van der Waals surface area contributed by atoms with Gasteiger partial charge in [-0.2, -0.15) is 5.26 Å². The summed E-state index contributed by atoms with van der Waals surface area (Å²) in [5, 5.41) is 10.4. The first kappa shape index (κ1) is 24.2. The van der Waals surface area contributed by atoms with Crippen LogP contribution < -0.4 is 4.90 Å². The molecule has 6 heteroatoms. The average Bonchev–Trinajstić information content (AvgIpc) is 3.24. The van der Waals surface area contributed by atoms with Gasteiger partial charge in [-0.25, -0.2) is 0 Å². The van der Waals surface area contributed by atoms with Crippen LogP contribution in [0.5, 0.6) is 0 Å². The Morgan fingerprint density at radius 1 is 1.08 bits per heavy atom. The van der Waals surface area contributed by atoms with E-state index in [4.69, 9.17) is 4.74 Å². The van der Waals surface area contributed by atoms with Crippen molar-refractivity contribution in [2.24, 2.45) is 7.05 Å². The Kier molecular flexibility index (Phi) is 5.89. The predicted octanol–water partition coefficient (Wildman–Crippen LogP) is 4.78. The van der Waals surface area contributed by atoms with Gasteiger partial charge < -0.3 is 14.2 Å². The molecule has 0 N–H and O–H groups in total. The van der Waals surface area contributed by atoms with Crippen molar-refractivity contribution in [1.29, 1.82) is 5.26 Å². The van der Waals surface area contributed by atoms with Crippen molar-refractivity contribution in [3.63, 3.8) is 0 Å². The van der Waals surface area contributed by atoms with E-state index in [0.717, 1.165) is 91.9 Å². The SMILES string of the molecule is CCc1cc2c(cc1N1CCC(N3CCOCC3)CC1)C(C)(C)c1c(c3ccc(C#N)cc3n1C)C2=O. The van der Waals surface area contributed by atoms with Crippen molar-refractivity contribution in [3.05, 3.63) is 63.8 Å². The van der Waals surface area contributed by atoms with Crippen LogP contribution in [0.3, 0.4) is 0 Å². The number of anilines is 1. The molecule has 2 aromatic carbocycles. The van der Waals surface area contributed by atoms with Gasteiger partial charge in [-0.05, 0) is 54.7 Å². The Morgan fingerprint density at radius 2 is 1.81 bits per heavy atom. The van der Waals surface area contributed by atoms with Gasteiger partial charge in [0.25, 0.3) is 0 Å². The van der Waals surface area contributed by atoms with Crippen molar-refractivity contribution in [2.75, 3.05) is 44.3 Å². The number of carbonyl (C=O) groups is 1. The fraction of sp³-hybridized carbons (Fsp3) is 0.484. The first-order chi connectivity index (χ1) is 17.8. The number of hydrogen-bond donors (Lipinski definition) is 0. The van der Waals surface area contributed by atoms with Crippen molar-refractivity contribution < 1.29 is 9.53 Å². The van der Waals surface area contributed by atoms with E-state index in [0.29, 0.717) is 11.6 Å². The Morgan fingerprint density at radius 3 is 2.49 bits per heavy atom. The highest BCUT2D eigenvalue weighted by atomic mass is 16.5. The van der Waals surface area contributed by atoms with Crippen LogP contribution in [-0.4, -0.2) is 60.7 Å². The minimum atomic E-state index is -0.341. The number of nitrogens with zero attached hydrogens (tertiary/aromatic N) is 4. The lowest BCUT2D eigenvalue weighted by molar-refractivity contribution is 0.0115. The Balaban J connectivity index is 1.40. The summed E-state index contributed by atoms with van der Waals surface area (Å²) in [6.07, 6.45) is 3.22. The maximum Gasteiger partial charge on any atom is 0.195 e. The van der Waals surface area contributed by atoms with Gasteiger partial charge in [-0.3, -0.25) is 9.69 Å². The van der Waals surface area contributed by atoms with Gasteiger partial charge in [0, 0.05) is 67.0 Å². The molecule has 3 aromatic rings. The monoisotopic (exact) mass is 496 g/mol. The molecule has 0 saturated carbocycles. The number of fused-ring (bicyclic) bond motifs is 4. The Hall–Kier alpha value is -3.14. The summed E-state index contributed by atoms with van der Waals surface area (Å²) in [4.78, 5) is 19.2. The lowest BCUT2D eigenvalue weighted by atomic mass is 9.70. The zero-order valence-corrected chi connectivity index (χ0v) is 22.4. The molecule has 6 rings (SSSR count). The van der Waals surface area contributed by atoms with Gasteiger partial charge in [0.1, 0.15) is 0 Å². The van der Waals surface area contributed by atoms with Gasteiger partial charge in [0.15, 0.2) is 5.78 Å². The Labute approximate surface area is 219 Å². The molecule has 3 heterocycles. The van der Waals surface area contributed by atoms with Gasteiger partial charge in [-0.15, -0.1) is 0 Å². The normalized spacial score (nSPS) is 20.1. The number of morpholine rings is 1. The largest absolute Gasteiger partial charge is 0.379 e. The molecule has 3 aliphatic rings. The zero-order chi connectivity index (χ0) is 25.9. The van der Waals surface area contributed by atoms with E-state index in [9.17, 15) is 10.1 Å². The summed E-state index contributed by atoms with van der Waals surface area (Å²) in [5.74, 6) is 0.104. The number of carbonyl (C=O) groups excluding carboxylic acids is 1. The number of piperidine rings is 1. The summed E-state index contributed by atoms with van der Waals surface area (Å²) in [7, 11) is 2.03. The molecule has 2 fully saturated rings. The number of hydrogen-bond acceptors (Lipinski definition) is 5. The highest BCUT2D eigenvalue weighted by Crippen LogP contribution is 2.47. The second kappa shape index (κ2) is 9.01. The van der Waals surface area contributed by atoms with E-state index < -0.39 is 0 Å². The number of aromatic nitrogens is 1. The topological polar surface area (TPSA) is 61.5 Å². The summed E-state index contributed by atoms with van der Waals surface area (Å²) >= 11 is 0. The number of rotatable bonds is 3. The molecule has 2 aliphatic heterocycles. The standard InChI is InChI=1S/C31H36N4O2/c1-5-21-17-24-25(18-26(21)35-10-8-22(9-11-35)34-12-14-37-15-13-34)31(2,3)30-28(29(24)36)23-7-6-20(19-32)16-27(23)33(30)4/h6-7,16-18,22H,5,8-15H2,1-4H3. The molecular weight excluding hydrogens is 460 g/mol. The van der Waals surface area contributed by atoms with E-state index in [-0.39, 0.29) is 11.2 Å². The van der Waals surface area contributed by atoms with Crippen LogP contribution in [0, 0.1) is 11.3 Å². The van der Waals surface area contributed by atoms with Crippen LogP contribution in [0.2, 0.25) is 0 Å². The van der Waals surface area contributed by atoms with Crippen LogP contribution >= 0.6 is 0 Å². The molecule has 0 atom stereocenters. The third kappa shape index (κ3) is 3.71. The molecule has 6 nitrogen and oxygen atoms in total. The zero-order valence-electron chi connectivity index (χ0n) is 22.4. The van der Waals surface area contributed by atoms with Crippen LogP contribution in [-0.2, 0) is 23.6 Å². The number of ketones is 1. The molecular formula is C31H36N4O2. The Bertz CT molecular complexity index is 1430. The fourth-order valence-corrected chi connectivity index (χ4v) is 7.06. The van der Waals surface area contributed by atoms with E-state index in [1.54, 1.807) is 0 Å². The fourth-order valence-electron chi connectivity index (χ4n) is 7.06. The van der Waals surface area contributed by atoms with Crippen LogP contribution in [0.4, 0.5) is 5.69 Å². The molecule has 1 aliphatic carbocycles. The molecule has 1 aromatic heterocycles. The highest BCUT2D eigenvalue weighted by Gasteiger charge is 2.42. The minimum Gasteiger partial charge on any atom is -0.379 e. The molecule has 0 amide bonds. The number of benzene rings is 2. The number of aryl methyl sites for hydroxylation is 2. The maximum absolute atomic E-state index is 14.0. The minimum absolute atomic E-state index is 0.104. The van der Waals surface area contributed by atoms with E-state index >= 15 is 0 Å². The van der Waals surface area contributed by atoms with Crippen molar-refractivity contribution >= 4 is 22.4 Å². The van der Waals surface area contributed by atoms with Crippen molar-refractivity contribution in [1.82, 2.24) is 9.47 Å². The molecule has 192 valence electrons. The molecule has 2 saturated heterocycles. The summed E-state index contributed by atoms with van der Waals surface area (Å²) < 4.78 is 7.69. The third-order valence-corrected chi connectivity index (χ3v) is 9.03. The molecule has 0 unspecified atom stereocenters. The van der Waals surface area contributed by atoms with Gasteiger partial charge in [-0.1, -0.05) is 26.8 Å². The first-order valence-electron chi connectivity index (χ1n) is 13.7. The summed E-state index contributed by atoms with van der Waals surface area (Å²) in [6.45, 7) is 12.5. The van der Waals surface area contributed by atoms with Crippen molar-refractivity contribution in [2.45, 2.75) is 51.5 Å². The van der Waals surface area contributed by atoms with Gasteiger partial charge >= 0.3 is 0 Å². The van der Waals surface area contributed by atoms with E-state index in [2.05, 4.69) is 53.3 Å². The molecule has 0 spiro atoms. The maximum atomic E-state index is 14.0. The smallest absolute Gasteiger partial charge is 0.195 e. The van der Waals surface area contributed by atoms with E-state index in [1.165, 1.54) is 11.3 Å². The van der Waals surface area contributed by atoms with Crippen molar-refractivity contribution in [3.8, 4) is 6.07 Å². The summed E-state index contributed by atoms with van der Waals surface area (Å²) in [5.41, 5.74) is 7.53. The third-order valence-electron chi connectivity index (χ3n) is 9.03. The predicted molar refractivity (Wildman–Crippen MR) is 147 cm³/mol. The van der Waals surface area contributed by atoms with E-state index in [1.807, 2.05) is 25.2 Å². The number of ether oxygens (including phenoxy) is 1. The van der Waals surface area contributed by atoms with Crippen LogP contribution in [0.1, 0.15) is 71.9 Å². The van der Waals surface area contributed by atoms with Crippen LogP contribution in [0.25, 0.3) is 10.9 Å². The molecule has 0 bridgehead atoms. The highest BCUT2D eigenvalue weighted by molar-refractivity contribution is 6.20. The molecule has 0 radical (unpaired) electrons. The molecule has 37 heavy (non-hydrogen) atoms. The van der Waals surface area contributed by atoms with Crippen LogP contribution in [0.15, 0.2) is 30.3 Å². The lowest BCUT2D eigenvalue weighted by Gasteiger charge is -2.42. The lowest BCUT2D eigenvalue weighted by Crippen LogP contribution is -2.49. The van der Waals surface area contributed by atoms with Gasteiger partial charge in [0.2, 0.25) is 0 Å². The van der Waals surface area contributed by atoms with Gasteiger partial charge in [0.05, 0.1) is 35.9 Å². The number of nitriles is 1. The average molecular weight is 497 g/mol. The second-order valence-corrected chi connectivity index (χ2v) is 11.3. The first-order valence-corrected chi connectivity index (χ1v) is 13.7. The quantitative estimate of drug-likeness (QED) is 0.522. The second-order valence-electron chi connectivity index (χ2n) is 11.3. The summed E-state index contributed by atoms with van der Waals surface area (Å²) in [6, 6.07) is 13.0.